The average molecular weight is 263 g/mol. The van der Waals surface area contributed by atoms with E-state index in [0.29, 0.717) is 11.7 Å². The van der Waals surface area contributed by atoms with Gasteiger partial charge in [-0.15, -0.1) is 0 Å². The molecule has 1 unspecified atom stereocenters. The largest absolute Gasteiger partial charge is 0.312 e. The molecule has 0 aromatic rings. The van der Waals surface area contributed by atoms with E-state index in [-0.39, 0.29) is 10.8 Å². The molecule has 1 atom stereocenters. The van der Waals surface area contributed by atoms with Crippen LogP contribution in [0.2, 0.25) is 0 Å². The molecule has 0 aliphatic rings. The smallest absolute Gasteiger partial charge is 0.152 e. The van der Waals surface area contributed by atoms with Crippen molar-refractivity contribution in [3.05, 3.63) is 0 Å². The molecule has 0 aromatic carbocycles. The number of hydrogen-bond acceptors (Lipinski definition) is 3. The summed E-state index contributed by atoms with van der Waals surface area (Å²) in [6.45, 7) is 13.0. The molecule has 104 valence electrons. The molecule has 1 N–H and O–H groups in total. The Hall–Kier alpha value is -0.0900. The van der Waals surface area contributed by atoms with Gasteiger partial charge < -0.3 is 5.32 Å². The van der Waals surface area contributed by atoms with Crippen molar-refractivity contribution >= 4 is 9.84 Å². The summed E-state index contributed by atoms with van der Waals surface area (Å²) in [7, 11) is -2.87. The predicted molar refractivity (Wildman–Crippen MR) is 75.1 cm³/mol. The fraction of sp³-hybridized carbons (Fsp3) is 1.00. The number of sulfone groups is 1. The molecule has 0 bridgehead atoms. The summed E-state index contributed by atoms with van der Waals surface area (Å²) in [5.74, 6) is 0.778. The van der Waals surface area contributed by atoms with Crippen molar-refractivity contribution in [2.24, 2.45) is 5.92 Å². The minimum absolute atomic E-state index is 0.143. The van der Waals surface area contributed by atoms with Crippen LogP contribution in [0.5, 0.6) is 0 Å². The maximum atomic E-state index is 11.7. The highest BCUT2D eigenvalue weighted by molar-refractivity contribution is 7.91. The highest BCUT2D eigenvalue weighted by atomic mass is 32.2. The third kappa shape index (κ3) is 8.61. The summed E-state index contributed by atoms with van der Waals surface area (Å²) in [5, 5.41) is 3.18. The Morgan fingerprint density at radius 1 is 1.06 bits per heavy atom. The van der Waals surface area contributed by atoms with E-state index in [2.05, 4.69) is 33.0 Å². The van der Waals surface area contributed by atoms with Crippen LogP contribution in [0.1, 0.15) is 54.4 Å². The van der Waals surface area contributed by atoms with Gasteiger partial charge in [-0.1, -0.05) is 6.92 Å². The zero-order valence-electron chi connectivity index (χ0n) is 12.2. The summed E-state index contributed by atoms with van der Waals surface area (Å²) in [6.07, 6.45) is 1.80. The second-order valence-electron chi connectivity index (χ2n) is 6.28. The van der Waals surface area contributed by atoms with Crippen molar-refractivity contribution in [3.63, 3.8) is 0 Å². The van der Waals surface area contributed by atoms with E-state index < -0.39 is 9.84 Å². The lowest BCUT2D eigenvalue weighted by Gasteiger charge is -2.22. The third-order valence-corrected chi connectivity index (χ3v) is 5.15. The summed E-state index contributed by atoms with van der Waals surface area (Å²) in [4.78, 5) is 0. The molecular weight excluding hydrogens is 234 g/mol. The summed E-state index contributed by atoms with van der Waals surface area (Å²) in [5.41, 5.74) is 0.143. The van der Waals surface area contributed by atoms with Gasteiger partial charge in [-0.2, -0.15) is 0 Å². The maximum absolute atomic E-state index is 11.7. The van der Waals surface area contributed by atoms with E-state index in [1.54, 1.807) is 13.8 Å². The monoisotopic (exact) mass is 263 g/mol. The first-order valence-electron chi connectivity index (χ1n) is 6.51. The van der Waals surface area contributed by atoms with Gasteiger partial charge in [0.25, 0.3) is 0 Å². The molecule has 0 saturated heterocycles. The highest BCUT2D eigenvalue weighted by Gasteiger charge is 2.17. The van der Waals surface area contributed by atoms with Crippen molar-refractivity contribution in [2.75, 3.05) is 12.3 Å². The maximum Gasteiger partial charge on any atom is 0.152 e. The first-order chi connectivity index (χ1) is 7.54. The van der Waals surface area contributed by atoms with Crippen LogP contribution in [-0.2, 0) is 9.84 Å². The fourth-order valence-corrected chi connectivity index (χ4v) is 2.64. The molecule has 3 nitrogen and oxygen atoms in total. The van der Waals surface area contributed by atoms with Crippen molar-refractivity contribution in [3.8, 4) is 0 Å². The van der Waals surface area contributed by atoms with Gasteiger partial charge in [-0.3, -0.25) is 0 Å². The quantitative estimate of drug-likeness (QED) is 0.768. The molecular formula is C13H29NO2S. The Kier molecular flexibility index (Phi) is 6.70. The topological polar surface area (TPSA) is 46.2 Å². The van der Waals surface area contributed by atoms with Gasteiger partial charge in [0.05, 0.1) is 11.0 Å². The Bertz CT molecular complexity index is 302. The van der Waals surface area contributed by atoms with Crippen LogP contribution in [0.25, 0.3) is 0 Å². The summed E-state index contributed by atoms with van der Waals surface area (Å²) >= 11 is 0. The number of hydrogen-bond donors (Lipinski definition) is 1. The molecule has 17 heavy (non-hydrogen) atoms. The SMILES string of the molecule is CC(CCNC(C)(C)C)CCS(=O)(=O)C(C)C. The first kappa shape index (κ1) is 16.9. The van der Waals surface area contributed by atoms with Crippen LogP contribution in [0.4, 0.5) is 0 Å². The van der Waals surface area contributed by atoms with Crippen molar-refractivity contribution < 1.29 is 8.42 Å². The van der Waals surface area contributed by atoms with Gasteiger partial charge >= 0.3 is 0 Å². The van der Waals surface area contributed by atoms with Crippen LogP contribution in [0.3, 0.4) is 0 Å². The molecule has 0 rings (SSSR count). The minimum Gasteiger partial charge on any atom is -0.312 e. The van der Waals surface area contributed by atoms with Gasteiger partial charge in [0.1, 0.15) is 0 Å². The molecule has 0 amide bonds. The summed E-state index contributed by atoms with van der Waals surface area (Å²) < 4.78 is 23.3. The third-order valence-electron chi connectivity index (χ3n) is 2.91. The molecule has 0 fully saturated rings. The predicted octanol–water partition coefficient (Wildman–Crippen LogP) is 2.61. The van der Waals surface area contributed by atoms with Crippen molar-refractivity contribution in [1.82, 2.24) is 5.32 Å². The first-order valence-corrected chi connectivity index (χ1v) is 8.23. The Balaban J connectivity index is 3.85. The van der Waals surface area contributed by atoms with Gasteiger partial charge in [0.15, 0.2) is 9.84 Å². The number of rotatable bonds is 7. The Morgan fingerprint density at radius 2 is 1.59 bits per heavy atom. The van der Waals surface area contributed by atoms with E-state index >= 15 is 0 Å². The second kappa shape index (κ2) is 6.74. The Morgan fingerprint density at radius 3 is 2.00 bits per heavy atom. The van der Waals surface area contributed by atoms with Crippen LogP contribution < -0.4 is 5.32 Å². The Labute approximate surface area is 107 Å². The van der Waals surface area contributed by atoms with E-state index in [1.807, 2.05) is 0 Å². The van der Waals surface area contributed by atoms with E-state index in [9.17, 15) is 8.42 Å². The molecule has 0 radical (unpaired) electrons. The average Bonchev–Trinajstić information content (AvgIpc) is 2.12. The number of nitrogens with one attached hydrogen (secondary N) is 1. The highest BCUT2D eigenvalue weighted by Crippen LogP contribution is 2.12. The molecule has 0 spiro atoms. The zero-order valence-corrected chi connectivity index (χ0v) is 13.0. The molecule has 0 saturated carbocycles. The van der Waals surface area contributed by atoms with Gasteiger partial charge in [0.2, 0.25) is 0 Å². The van der Waals surface area contributed by atoms with Crippen LogP contribution in [0.15, 0.2) is 0 Å². The molecule has 0 aliphatic carbocycles. The van der Waals surface area contributed by atoms with E-state index in [0.717, 1.165) is 19.4 Å². The lowest BCUT2D eigenvalue weighted by Crippen LogP contribution is -2.37. The molecule has 4 heteroatoms. The van der Waals surface area contributed by atoms with Crippen molar-refractivity contribution in [1.29, 1.82) is 0 Å². The second-order valence-corrected chi connectivity index (χ2v) is 8.95. The van der Waals surface area contributed by atoms with E-state index in [1.165, 1.54) is 0 Å². The standard InChI is InChI=1S/C13H29NO2S/c1-11(2)17(15,16)10-8-12(3)7-9-14-13(4,5)6/h11-12,14H,7-10H2,1-6H3. The molecule has 0 heterocycles. The van der Waals surface area contributed by atoms with Crippen LogP contribution in [-0.4, -0.2) is 31.5 Å². The van der Waals surface area contributed by atoms with Gasteiger partial charge in [-0.25, -0.2) is 8.42 Å². The minimum atomic E-state index is -2.87. The molecule has 0 aliphatic heterocycles. The van der Waals surface area contributed by atoms with Crippen LogP contribution >= 0.6 is 0 Å². The van der Waals surface area contributed by atoms with Gasteiger partial charge in [0, 0.05) is 5.54 Å². The summed E-state index contributed by atoms with van der Waals surface area (Å²) in [6, 6.07) is 0. The lowest BCUT2D eigenvalue weighted by molar-refractivity contribution is 0.391. The van der Waals surface area contributed by atoms with Crippen molar-refractivity contribution in [2.45, 2.75) is 65.2 Å². The normalized spacial score (nSPS) is 15.2. The zero-order chi connectivity index (χ0) is 13.7. The van der Waals surface area contributed by atoms with Crippen LogP contribution in [0, 0.1) is 5.92 Å². The molecule has 0 aromatic heterocycles. The van der Waals surface area contributed by atoms with Gasteiger partial charge in [-0.05, 0) is 59.9 Å². The lowest BCUT2D eigenvalue weighted by atomic mass is 10.0. The fourth-order valence-electron chi connectivity index (χ4n) is 1.44. The van der Waals surface area contributed by atoms with E-state index in [4.69, 9.17) is 0 Å².